The molecule has 88 valence electrons. The van der Waals surface area contributed by atoms with E-state index in [0.29, 0.717) is 6.54 Å². The molecule has 0 fully saturated rings. The molecule has 6 heteroatoms. The Morgan fingerprint density at radius 2 is 2.31 bits per heavy atom. The Balaban J connectivity index is 2.43. The molecule has 0 saturated heterocycles. The number of likely N-dealkylation sites (N-methyl/N-ethyl adjacent to an activating group) is 1. The minimum absolute atomic E-state index is 0.178. The molecular weight excluding hydrogens is 226 g/mol. The summed E-state index contributed by atoms with van der Waals surface area (Å²) in [6, 6.07) is 3.17. The van der Waals surface area contributed by atoms with Crippen LogP contribution in [-0.4, -0.2) is 29.9 Å². The van der Waals surface area contributed by atoms with Crippen molar-refractivity contribution >= 4 is 23.3 Å². The molecule has 1 aromatic heterocycles. The fourth-order valence-electron chi connectivity index (χ4n) is 1.28. The third-order valence-corrected chi connectivity index (χ3v) is 2.90. The van der Waals surface area contributed by atoms with E-state index < -0.39 is 6.03 Å². The highest BCUT2D eigenvalue weighted by Gasteiger charge is 2.11. The van der Waals surface area contributed by atoms with Crippen molar-refractivity contribution in [3.8, 4) is 0 Å². The first kappa shape index (κ1) is 12.7. The van der Waals surface area contributed by atoms with Crippen molar-refractivity contribution < 1.29 is 9.59 Å². The van der Waals surface area contributed by atoms with Crippen molar-refractivity contribution in [2.45, 2.75) is 13.5 Å². The van der Waals surface area contributed by atoms with Gasteiger partial charge in [0.05, 0.1) is 6.54 Å². The number of imide groups is 1. The molecular formula is C10H15N3O2S. The fourth-order valence-corrected chi connectivity index (χ4v) is 2.03. The summed E-state index contributed by atoms with van der Waals surface area (Å²) < 4.78 is 0. The van der Waals surface area contributed by atoms with Crippen LogP contribution in [0, 0.1) is 0 Å². The Morgan fingerprint density at radius 3 is 2.81 bits per heavy atom. The fraction of sp³-hybridized carbons (Fsp3) is 0.400. The molecule has 3 N–H and O–H groups in total. The van der Waals surface area contributed by atoms with Gasteiger partial charge in [-0.1, -0.05) is 13.0 Å². The molecule has 16 heavy (non-hydrogen) atoms. The summed E-state index contributed by atoms with van der Waals surface area (Å²) in [6.07, 6.45) is 0. The van der Waals surface area contributed by atoms with Gasteiger partial charge in [-0.15, -0.1) is 11.3 Å². The maximum atomic E-state index is 11.3. The molecule has 0 aliphatic carbocycles. The van der Waals surface area contributed by atoms with Crippen LogP contribution >= 0.6 is 11.3 Å². The third-order valence-electron chi connectivity index (χ3n) is 2.04. The number of hydrogen-bond acceptors (Lipinski definition) is 4. The first-order valence-electron chi connectivity index (χ1n) is 4.95. The summed E-state index contributed by atoms with van der Waals surface area (Å²) in [5, 5.41) is 4.04. The van der Waals surface area contributed by atoms with Crippen LogP contribution in [0.4, 0.5) is 4.79 Å². The number of carbonyl (C=O) groups is 2. The second-order valence-electron chi connectivity index (χ2n) is 3.30. The van der Waals surface area contributed by atoms with Crippen LogP contribution in [0.15, 0.2) is 17.5 Å². The molecule has 0 bridgehead atoms. The summed E-state index contributed by atoms with van der Waals surface area (Å²) >= 11 is 1.64. The molecule has 3 amide bonds. The normalized spacial score (nSPS) is 10.4. The van der Waals surface area contributed by atoms with Crippen molar-refractivity contribution in [2.75, 3.05) is 13.1 Å². The standard InChI is InChI=1S/C10H15N3O2S/c1-2-13(6-8-4-3-5-16-8)7-9(14)12-10(11)15/h3-5H,2,6-7H2,1H3,(H3,11,12,14,15). The van der Waals surface area contributed by atoms with E-state index in [1.807, 2.05) is 34.7 Å². The number of primary amides is 1. The minimum atomic E-state index is -0.808. The Kier molecular flexibility index (Phi) is 4.94. The Hall–Kier alpha value is -1.40. The molecule has 0 unspecified atom stereocenters. The van der Waals surface area contributed by atoms with E-state index in [9.17, 15) is 9.59 Å². The number of amides is 3. The molecule has 0 saturated carbocycles. The first-order chi connectivity index (χ1) is 7.61. The lowest BCUT2D eigenvalue weighted by atomic mass is 10.4. The van der Waals surface area contributed by atoms with Gasteiger partial charge >= 0.3 is 6.03 Å². The number of nitrogens with two attached hydrogens (primary N) is 1. The van der Waals surface area contributed by atoms with Gasteiger partial charge in [-0.3, -0.25) is 15.0 Å². The number of urea groups is 1. The van der Waals surface area contributed by atoms with Gasteiger partial charge in [0.1, 0.15) is 0 Å². The van der Waals surface area contributed by atoms with E-state index >= 15 is 0 Å². The van der Waals surface area contributed by atoms with Gasteiger partial charge in [0, 0.05) is 11.4 Å². The van der Waals surface area contributed by atoms with Crippen molar-refractivity contribution in [1.29, 1.82) is 0 Å². The van der Waals surface area contributed by atoms with Crippen LogP contribution in [0.1, 0.15) is 11.8 Å². The predicted octanol–water partition coefficient (Wildman–Crippen LogP) is 0.765. The number of hydrogen-bond donors (Lipinski definition) is 2. The summed E-state index contributed by atoms with van der Waals surface area (Å²) in [5.74, 6) is -0.370. The summed E-state index contributed by atoms with van der Waals surface area (Å²) in [5.41, 5.74) is 4.86. The lowest BCUT2D eigenvalue weighted by molar-refractivity contribution is -0.121. The van der Waals surface area contributed by atoms with E-state index in [0.717, 1.165) is 6.54 Å². The zero-order valence-corrected chi connectivity index (χ0v) is 9.92. The molecule has 0 radical (unpaired) electrons. The van der Waals surface area contributed by atoms with Crippen LogP contribution in [0.3, 0.4) is 0 Å². The van der Waals surface area contributed by atoms with Gasteiger partial charge in [0.25, 0.3) is 0 Å². The van der Waals surface area contributed by atoms with Crippen molar-refractivity contribution in [3.63, 3.8) is 0 Å². The second kappa shape index (κ2) is 6.24. The lowest BCUT2D eigenvalue weighted by Crippen LogP contribution is -2.42. The molecule has 0 aromatic carbocycles. The lowest BCUT2D eigenvalue weighted by Gasteiger charge is -2.18. The van der Waals surface area contributed by atoms with E-state index in [1.54, 1.807) is 11.3 Å². The van der Waals surface area contributed by atoms with Gasteiger partial charge < -0.3 is 5.73 Å². The zero-order chi connectivity index (χ0) is 12.0. The second-order valence-corrected chi connectivity index (χ2v) is 4.33. The Morgan fingerprint density at radius 1 is 1.56 bits per heavy atom. The molecule has 1 rings (SSSR count). The number of rotatable bonds is 5. The van der Waals surface area contributed by atoms with Gasteiger partial charge in [-0.2, -0.15) is 0 Å². The van der Waals surface area contributed by atoms with Crippen molar-refractivity contribution in [3.05, 3.63) is 22.4 Å². The largest absolute Gasteiger partial charge is 0.351 e. The maximum Gasteiger partial charge on any atom is 0.318 e. The smallest absolute Gasteiger partial charge is 0.318 e. The summed E-state index contributed by atoms with van der Waals surface area (Å²) in [4.78, 5) is 24.9. The predicted molar refractivity (Wildman–Crippen MR) is 63.0 cm³/mol. The van der Waals surface area contributed by atoms with Crippen molar-refractivity contribution in [2.24, 2.45) is 5.73 Å². The average Bonchev–Trinajstić information content (AvgIpc) is 2.68. The molecule has 0 atom stereocenters. The monoisotopic (exact) mass is 241 g/mol. The number of thiophene rings is 1. The number of nitrogens with zero attached hydrogens (tertiary/aromatic N) is 1. The van der Waals surface area contributed by atoms with Crippen LogP contribution in [0.2, 0.25) is 0 Å². The molecule has 0 aliphatic rings. The molecule has 5 nitrogen and oxygen atoms in total. The van der Waals surface area contributed by atoms with Gasteiger partial charge in [-0.05, 0) is 18.0 Å². The highest BCUT2D eigenvalue weighted by molar-refractivity contribution is 7.09. The third kappa shape index (κ3) is 4.41. The Labute approximate surface area is 98.2 Å². The first-order valence-corrected chi connectivity index (χ1v) is 5.83. The molecule has 0 spiro atoms. The number of carbonyl (C=O) groups excluding carboxylic acids is 2. The van der Waals surface area contributed by atoms with E-state index in [2.05, 4.69) is 0 Å². The van der Waals surface area contributed by atoms with E-state index in [1.165, 1.54) is 4.88 Å². The van der Waals surface area contributed by atoms with Gasteiger partial charge in [0.2, 0.25) is 5.91 Å². The van der Waals surface area contributed by atoms with Crippen LogP contribution < -0.4 is 11.1 Å². The van der Waals surface area contributed by atoms with Gasteiger partial charge in [-0.25, -0.2) is 4.79 Å². The average molecular weight is 241 g/mol. The SMILES string of the molecule is CCN(CC(=O)NC(N)=O)Cc1cccs1. The van der Waals surface area contributed by atoms with Crippen molar-refractivity contribution in [1.82, 2.24) is 10.2 Å². The molecule has 0 aliphatic heterocycles. The zero-order valence-electron chi connectivity index (χ0n) is 9.10. The maximum absolute atomic E-state index is 11.3. The quantitative estimate of drug-likeness (QED) is 0.799. The molecule has 1 aromatic rings. The van der Waals surface area contributed by atoms with E-state index in [4.69, 9.17) is 5.73 Å². The Bertz CT molecular complexity index is 351. The minimum Gasteiger partial charge on any atom is -0.351 e. The van der Waals surface area contributed by atoms with E-state index in [-0.39, 0.29) is 12.5 Å². The number of nitrogens with one attached hydrogen (secondary N) is 1. The summed E-state index contributed by atoms with van der Waals surface area (Å²) in [7, 11) is 0. The highest BCUT2D eigenvalue weighted by atomic mass is 32.1. The van der Waals surface area contributed by atoms with Crippen LogP contribution in [0.25, 0.3) is 0 Å². The molecule has 1 heterocycles. The summed E-state index contributed by atoms with van der Waals surface area (Å²) in [6.45, 7) is 3.59. The van der Waals surface area contributed by atoms with Gasteiger partial charge in [0.15, 0.2) is 0 Å². The van der Waals surface area contributed by atoms with Crippen LogP contribution in [-0.2, 0) is 11.3 Å². The topological polar surface area (TPSA) is 75.4 Å². The highest BCUT2D eigenvalue weighted by Crippen LogP contribution is 2.11. The van der Waals surface area contributed by atoms with Crippen LogP contribution in [0.5, 0.6) is 0 Å².